The molecule has 0 bridgehead atoms. The van der Waals surface area contributed by atoms with Gasteiger partial charge in [0, 0.05) is 39.8 Å². The zero-order valence-electron chi connectivity index (χ0n) is 11.0. The topological polar surface area (TPSA) is 91.0 Å². The zero-order chi connectivity index (χ0) is 13.9. The van der Waals surface area contributed by atoms with Gasteiger partial charge in [-0.05, 0) is 0 Å². The molecule has 0 saturated carbocycles. The predicted molar refractivity (Wildman–Crippen MR) is 68.7 cm³/mol. The van der Waals surface area contributed by atoms with Gasteiger partial charge in [-0.1, -0.05) is 0 Å². The number of rotatable bonds is 3. The standard InChI is InChI=1S/C10H20N4O4S/c1-11-10(15)9-8-18-7-6-14(9)19(16,17)13-4-2-12-3-5-13/h9,12H,2-8H2,1H3,(H,11,15). The van der Waals surface area contributed by atoms with E-state index in [0.29, 0.717) is 32.8 Å². The molecule has 0 aromatic rings. The average Bonchev–Trinajstić information content (AvgIpc) is 2.47. The fraction of sp³-hybridized carbons (Fsp3) is 0.900. The van der Waals surface area contributed by atoms with Crippen LogP contribution in [0.4, 0.5) is 0 Å². The van der Waals surface area contributed by atoms with E-state index in [1.165, 1.54) is 15.7 Å². The molecule has 0 spiro atoms. The van der Waals surface area contributed by atoms with Crippen LogP contribution in [0, 0.1) is 0 Å². The third-order valence-electron chi connectivity index (χ3n) is 3.33. The first-order valence-corrected chi connectivity index (χ1v) is 7.74. The number of amides is 1. The molecule has 2 aliphatic heterocycles. The van der Waals surface area contributed by atoms with E-state index in [4.69, 9.17) is 4.74 Å². The van der Waals surface area contributed by atoms with E-state index in [2.05, 4.69) is 10.6 Å². The summed E-state index contributed by atoms with van der Waals surface area (Å²) in [6, 6.07) is -0.779. The van der Waals surface area contributed by atoms with E-state index in [-0.39, 0.29) is 19.1 Å². The zero-order valence-corrected chi connectivity index (χ0v) is 11.8. The Kier molecular flexibility index (Phi) is 4.74. The van der Waals surface area contributed by atoms with Gasteiger partial charge in [-0.25, -0.2) is 0 Å². The van der Waals surface area contributed by atoms with E-state index < -0.39 is 16.3 Å². The van der Waals surface area contributed by atoms with Gasteiger partial charge < -0.3 is 15.4 Å². The maximum absolute atomic E-state index is 12.6. The molecule has 2 N–H and O–H groups in total. The monoisotopic (exact) mass is 292 g/mol. The number of likely N-dealkylation sites (N-methyl/N-ethyl adjacent to an activating group) is 1. The van der Waals surface area contributed by atoms with Gasteiger partial charge in [0.2, 0.25) is 5.91 Å². The van der Waals surface area contributed by atoms with Crippen LogP contribution in [0.3, 0.4) is 0 Å². The number of nitrogens with zero attached hydrogens (tertiary/aromatic N) is 2. The van der Waals surface area contributed by atoms with E-state index in [1.54, 1.807) is 0 Å². The molecule has 2 fully saturated rings. The molecule has 2 heterocycles. The highest BCUT2D eigenvalue weighted by atomic mass is 32.2. The Morgan fingerprint density at radius 1 is 1.32 bits per heavy atom. The maximum atomic E-state index is 12.6. The molecule has 1 amide bonds. The van der Waals surface area contributed by atoms with Crippen molar-refractivity contribution in [1.29, 1.82) is 0 Å². The summed E-state index contributed by atoms with van der Waals surface area (Å²) in [6.45, 7) is 2.76. The average molecular weight is 292 g/mol. The van der Waals surface area contributed by atoms with Crippen molar-refractivity contribution in [2.24, 2.45) is 0 Å². The van der Waals surface area contributed by atoms with Crippen LogP contribution in [0.2, 0.25) is 0 Å². The second kappa shape index (κ2) is 6.14. The molecule has 0 radical (unpaired) electrons. The number of hydrogen-bond donors (Lipinski definition) is 2. The van der Waals surface area contributed by atoms with Crippen molar-refractivity contribution in [3.63, 3.8) is 0 Å². The van der Waals surface area contributed by atoms with E-state index >= 15 is 0 Å². The number of hydrogen-bond acceptors (Lipinski definition) is 5. The molecule has 110 valence electrons. The fourth-order valence-corrected chi connectivity index (χ4v) is 3.99. The summed E-state index contributed by atoms with van der Waals surface area (Å²) in [4.78, 5) is 11.8. The van der Waals surface area contributed by atoms with Gasteiger partial charge in [0.25, 0.3) is 10.2 Å². The number of carbonyl (C=O) groups excluding carboxylic acids is 1. The number of ether oxygens (including phenoxy) is 1. The van der Waals surface area contributed by atoms with Crippen LogP contribution in [-0.4, -0.2) is 82.0 Å². The Hall–Kier alpha value is -0.740. The largest absolute Gasteiger partial charge is 0.378 e. The third kappa shape index (κ3) is 3.06. The Morgan fingerprint density at radius 2 is 2.00 bits per heavy atom. The SMILES string of the molecule is CNC(=O)C1COCCN1S(=O)(=O)N1CCNCC1. The maximum Gasteiger partial charge on any atom is 0.282 e. The molecule has 8 nitrogen and oxygen atoms in total. The molecular formula is C10H20N4O4S. The van der Waals surface area contributed by atoms with Crippen LogP contribution >= 0.6 is 0 Å². The van der Waals surface area contributed by atoms with Crippen molar-refractivity contribution < 1.29 is 17.9 Å². The summed E-state index contributed by atoms with van der Waals surface area (Å²) in [7, 11) is -2.11. The van der Waals surface area contributed by atoms with Gasteiger partial charge in [0.15, 0.2) is 0 Å². The van der Waals surface area contributed by atoms with Gasteiger partial charge in [-0.2, -0.15) is 17.0 Å². The summed E-state index contributed by atoms with van der Waals surface area (Å²) in [6.07, 6.45) is 0. The van der Waals surface area contributed by atoms with Gasteiger partial charge in [-0.15, -0.1) is 0 Å². The molecule has 19 heavy (non-hydrogen) atoms. The predicted octanol–water partition coefficient (Wildman–Crippen LogP) is -2.42. The Bertz CT molecular complexity index is 421. The number of piperazine rings is 1. The first kappa shape index (κ1) is 14.7. The summed E-state index contributed by atoms with van der Waals surface area (Å²) in [5, 5.41) is 5.59. The smallest absolute Gasteiger partial charge is 0.282 e. The third-order valence-corrected chi connectivity index (χ3v) is 5.37. The van der Waals surface area contributed by atoms with Crippen LogP contribution in [0.15, 0.2) is 0 Å². The molecule has 0 aromatic heterocycles. The van der Waals surface area contributed by atoms with Crippen LogP contribution in [-0.2, 0) is 19.7 Å². The first-order valence-electron chi connectivity index (χ1n) is 6.34. The highest BCUT2D eigenvalue weighted by molar-refractivity contribution is 7.86. The lowest BCUT2D eigenvalue weighted by atomic mass is 10.2. The summed E-state index contributed by atoms with van der Waals surface area (Å²) < 4.78 is 33.0. The lowest BCUT2D eigenvalue weighted by Gasteiger charge is -2.38. The molecule has 2 aliphatic rings. The van der Waals surface area contributed by atoms with E-state index in [9.17, 15) is 13.2 Å². The Labute approximate surface area is 113 Å². The molecule has 9 heteroatoms. The van der Waals surface area contributed by atoms with Gasteiger partial charge in [-0.3, -0.25) is 4.79 Å². The number of carbonyl (C=O) groups is 1. The quantitative estimate of drug-likeness (QED) is 0.604. The van der Waals surface area contributed by atoms with Crippen LogP contribution < -0.4 is 10.6 Å². The van der Waals surface area contributed by atoms with E-state index in [0.717, 1.165) is 0 Å². The minimum absolute atomic E-state index is 0.102. The molecule has 2 saturated heterocycles. The van der Waals surface area contributed by atoms with Gasteiger partial charge >= 0.3 is 0 Å². The normalized spacial score (nSPS) is 27.1. The molecule has 0 aliphatic carbocycles. The Balaban J connectivity index is 2.18. The number of morpholine rings is 1. The highest BCUT2D eigenvalue weighted by Crippen LogP contribution is 2.17. The van der Waals surface area contributed by atoms with Crippen molar-refractivity contribution in [2.75, 3.05) is 53.0 Å². The second-order valence-corrected chi connectivity index (χ2v) is 6.35. The highest BCUT2D eigenvalue weighted by Gasteiger charge is 2.40. The van der Waals surface area contributed by atoms with Gasteiger partial charge in [0.1, 0.15) is 6.04 Å². The summed E-state index contributed by atoms with van der Waals surface area (Å²) >= 11 is 0. The molecule has 1 atom stereocenters. The molecule has 1 unspecified atom stereocenters. The number of nitrogens with one attached hydrogen (secondary N) is 2. The van der Waals surface area contributed by atoms with Crippen molar-refractivity contribution in [1.82, 2.24) is 19.2 Å². The summed E-state index contributed by atoms with van der Waals surface area (Å²) in [5.74, 6) is -0.335. The minimum Gasteiger partial charge on any atom is -0.378 e. The van der Waals surface area contributed by atoms with Crippen molar-refractivity contribution in [3.05, 3.63) is 0 Å². The van der Waals surface area contributed by atoms with Crippen LogP contribution in [0.25, 0.3) is 0 Å². The van der Waals surface area contributed by atoms with Gasteiger partial charge in [0.05, 0.1) is 13.2 Å². The molecule has 2 rings (SSSR count). The Morgan fingerprint density at radius 3 is 2.63 bits per heavy atom. The lowest BCUT2D eigenvalue weighted by Crippen LogP contribution is -2.60. The first-order chi connectivity index (χ1) is 9.07. The minimum atomic E-state index is -3.60. The lowest BCUT2D eigenvalue weighted by molar-refractivity contribution is -0.128. The van der Waals surface area contributed by atoms with Crippen molar-refractivity contribution in [3.8, 4) is 0 Å². The summed E-state index contributed by atoms with van der Waals surface area (Å²) in [5.41, 5.74) is 0. The van der Waals surface area contributed by atoms with Crippen LogP contribution in [0.5, 0.6) is 0 Å². The molecule has 0 aromatic carbocycles. The van der Waals surface area contributed by atoms with Crippen LogP contribution in [0.1, 0.15) is 0 Å². The fourth-order valence-electron chi connectivity index (χ4n) is 2.26. The van der Waals surface area contributed by atoms with Crippen molar-refractivity contribution >= 4 is 16.1 Å². The molecular weight excluding hydrogens is 272 g/mol. The second-order valence-electron chi connectivity index (χ2n) is 4.47. The van der Waals surface area contributed by atoms with Crippen molar-refractivity contribution in [2.45, 2.75) is 6.04 Å². The van der Waals surface area contributed by atoms with E-state index in [1.807, 2.05) is 0 Å².